The number of rotatable bonds is 4. The summed E-state index contributed by atoms with van der Waals surface area (Å²) in [5, 5.41) is 3.16. The fraction of sp³-hybridized carbons (Fsp3) is 0.600. The van der Waals surface area contributed by atoms with Gasteiger partial charge in [0.25, 0.3) is 0 Å². The molecule has 1 saturated carbocycles. The van der Waals surface area contributed by atoms with Gasteiger partial charge in [0.15, 0.2) is 0 Å². The summed E-state index contributed by atoms with van der Waals surface area (Å²) in [6.07, 6.45) is 4.31. The molecule has 1 fully saturated rings. The summed E-state index contributed by atoms with van der Waals surface area (Å²) < 4.78 is 0. The highest BCUT2D eigenvalue weighted by molar-refractivity contribution is 5.25. The summed E-state index contributed by atoms with van der Waals surface area (Å²) in [6.45, 7) is 2.72. The highest BCUT2D eigenvalue weighted by atomic mass is 15.1. The first-order valence-electron chi connectivity index (χ1n) is 5.05. The van der Waals surface area contributed by atoms with Gasteiger partial charge in [0, 0.05) is 24.5 Å². The highest BCUT2D eigenvalue weighted by Crippen LogP contribution is 2.31. The lowest BCUT2D eigenvalue weighted by Crippen LogP contribution is -2.31. The van der Waals surface area contributed by atoms with E-state index in [1.807, 2.05) is 13.0 Å². The molecule has 1 aromatic heterocycles. The number of hydrogen-bond acceptors (Lipinski definition) is 4. The van der Waals surface area contributed by atoms with Crippen LogP contribution in [0.4, 0.5) is 5.95 Å². The van der Waals surface area contributed by atoms with Gasteiger partial charge in [-0.05, 0) is 31.7 Å². The Morgan fingerprint density at radius 1 is 1.64 bits per heavy atom. The van der Waals surface area contributed by atoms with E-state index in [4.69, 9.17) is 5.73 Å². The molecule has 0 spiro atoms. The molecule has 1 aliphatic carbocycles. The van der Waals surface area contributed by atoms with Gasteiger partial charge in [-0.2, -0.15) is 0 Å². The van der Waals surface area contributed by atoms with Crippen LogP contribution in [0.5, 0.6) is 0 Å². The predicted octanol–water partition coefficient (Wildman–Crippen LogP) is 0.934. The van der Waals surface area contributed by atoms with Crippen molar-refractivity contribution in [3.05, 3.63) is 18.0 Å². The van der Waals surface area contributed by atoms with Crippen molar-refractivity contribution >= 4 is 5.95 Å². The van der Waals surface area contributed by atoms with Gasteiger partial charge in [-0.3, -0.25) is 0 Å². The van der Waals surface area contributed by atoms with Crippen LogP contribution in [0.2, 0.25) is 0 Å². The van der Waals surface area contributed by atoms with Gasteiger partial charge < -0.3 is 11.1 Å². The molecule has 14 heavy (non-hydrogen) atoms. The van der Waals surface area contributed by atoms with Crippen LogP contribution in [-0.2, 0) is 0 Å². The minimum absolute atomic E-state index is 0.249. The number of nitrogens with zero attached hydrogens (tertiary/aromatic N) is 2. The predicted molar refractivity (Wildman–Crippen MR) is 56.0 cm³/mol. The van der Waals surface area contributed by atoms with E-state index in [9.17, 15) is 0 Å². The largest absolute Gasteiger partial charge is 0.353 e. The van der Waals surface area contributed by atoms with E-state index >= 15 is 0 Å². The molecule has 2 rings (SSSR count). The van der Waals surface area contributed by atoms with E-state index in [0.29, 0.717) is 11.9 Å². The lowest BCUT2D eigenvalue weighted by atomic mass is 10.2. The molecule has 1 heterocycles. The van der Waals surface area contributed by atoms with E-state index in [1.54, 1.807) is 6.20 Å². The molecule has 0 aromatic carbocycles. The third-order valence-corrected chi connectivity index (χ3v) is 2.52. The Balaban J connectivity index is 1.84. The number of anilines is 1. The Bertz CT molecular complexity index is 309. The molecule has 4 nitrogen and oxygen atoms in total. The van der Waals surface area contributed by atoms with Gasteiger partial charge in [0.1, 0.15) is 0 Å². The first-order chi connectivity index (χ1) is 6.75. The Morgan fingerprint density at radius 2 is 2.43 bits per heavy atom. The van der Waals surface area contributed by atoms with Crippen LogP contribution < -0.4 is 11.1 Å². The van der Waals surface area contributed by atoms with Crippen molar-refractivity contribution < 1.29 is 0 Å². The number of aryl methyl sites for hydroxylation is 1. The van der Waals surface area contributed by atoms with Crippen LogP contribution in [0.15, 0.2) is 12.3 Å². The summed E-state index contributed by atoms with van der Waals surface area (Å²) in [5.41, 5.74) is 6.92. The zero-order valence-corrected chi connectivity index (χ0v) is 8.40. The second kappa shape index (κ2) is 3.92. The molecule has 76 valence electrons. The SMILES string of the molecule is Cc1ccnc(NCC(N)C2CC2)n1. The molecule has 4 heteroatoms. The van der Waals surface area contributed by atoms with Crippen LogP contribution in [0.3, 0.4) is 0 Å². The van der Waals surface area contributed by atoms with Crippen molar-refractivity contribution in [3.63, 3.8) is 0 Å². The number of aromatic nitrogens is 2. The van der Waals surface area contributed by atoms with Crippen molar-refractivity contribution in [2.24, 2.45) is 11.7 Å². The summed E-state index contributed by atoms with van der Waals surface area (Å²) in [7, 11) is 0. The monoisotopic (exact) mass is 192 g/mol. The molecule has 1 aromatic rings. The Hall–Kier alpha value is -1.16. The average Bonchev–Trinajstić information content (AvgIpc) is 2.97. The van der Waals surface area contributed by atoms with Crippen molar-refractivity contribution in [2.45, 2.75) is 25.8 Å². The first kappa shape index (κ1) is 9.40. The Labute approximate surface area is 83.9 Å². The van der Waals surface area contributed by atoms with Crippen LogP contribution in [0.25, 0.3) is 0 Å². The second-order valence-electron chi connectivity index (χ2n) is 3.90. The summed E-state index contributed by atoms with van der Waals surface area (Å²) in [6, 6.07) is 2.13. The fourth-order valence-electron chi connectivity index (χ4n) is 1.43. The lowest BCUT2D eigenvalue weighted by Gasteiger charge is -2.11. The summed E-state index contributed by atoms with van der Waals surface area (Å²) in [5.74, 6) is 1.40. The zero-order valence-electron chi connectivity index (χ0n) is 8.40. The summed E-state index contributed by atoms with van der Waals surface area (Å²) in [4.78, 5) is 8.36. The molecule has 1 unspecified atom stereocenters. The second-order valence-corrected chi connectivity index (χ2v) is 3.90. The maximum atomic E-state index is 5.95. The molecule has 0 amide bonds. The third-order valence-electron chi connectivity index (χ3n) is 2.52. The average molecular weight is 192 g/mol. The molecule has 0 aliphatic heterocycles. The van der Waals surface area contributed by atoms with Crippen LogP contribution >= 0.6 is 0 Å². The zero-order chi connectivity index (χ0) is 9.97. The van der Waals surface area contributed by atoms with Gasteiger partial charge in [-0.15, -0.1) is 0 Å². The molecule has 1 atom stereocenters. The molecule has 0 radical (unpaired) electrons. The maximum Gasteiger partial charge on any atom is 0.222 e. The van der Waals surface area contributed by atoms with E-state index < -0.39 is 0 Å². The van der Waals surface area contributed by atoms with Crippen molar-refractivity contribution in [1.29, 1.82) is 0 Å². The lowest BCUT2D eigenvalue weighted by molar-refractivity contribution is 0.618. The summed E-state index contributed by atoms with van der Waals surface area (Å²) >= 11 is 0. The third kappa shape index (κ3) is 2.42. The van der Waals surface area contributed by atoms with Gasteiger partial charge in [0.05, 0.1) is 0 Å². The number of nitrogens with one attached hydrogen (secondary N) is 1. The van der Waals surface area contributed by atoms with Gasteiger partial charge in [-0.1, -0.05) is 0 Å². The molecule has 1 aliphatic rings. The van der Waals surface area contributed by atoms with Crippen molar-refractivity contribution in [2.75, 3.05) is 11.9 Å². The van der Waals surface area contributed by atoms with Gasteiger partial charge in [-0.25, -0.2) is 9.97 Å². The highest BCUT2D eigenvalue weighted by Gasteiger charge is 2.28. The molecule has 0 bridgehead atoms. The van der Waals surface area contributed by atoms with Crippen molar-refractivity contribution in [1.82, 2.24) is 9.97 Å². The maximum absolute atomic E-state index is 5.95. The van der Waals surface area contributed by atoms with E-state index in [-0.39, 0.29) is 6.04 Å². The number of nitrogens with two attached hydrogens (primary N) is 1. The first-order valence-corrected chi connectivity index (χ1v) is 5.05. The minimum Gasteiger partial charge on any atom is -0.353 e. The van der Waals surface area contributed by atoms with Crippen LogP contribution in [0.1, 0.15) is 18.5 Å². The van der Waals surface area contributed by atoms with Gasteiger partial charge in [0.2, 0.25) is 5.95 Å². The quantitative estimate of drug-likeness (QED) is 0.745. The van der Waals surface area contributed by atoms with Crippen molar-refractivity contribution in [3.8, 4) is 0 Å². The van der Waals surface area contributed by atoms with E-state index in [1.165, 1.54) is 12.8 Å². The smallest absolute Gasteiger partial charge is 0.222 e. The molecular formula is C10H16N4. The topological polar surface area (TPSA) is 63.8 Å². The molecular weight excluding hydrogens is 176 g/mol. The van der Waals surface area contributed by atoms with Gasteiger partial charge >= 0.3 is 0 Å². The van der Waals surface area contributed by atoms with Crippen LogP contribution in [-0.4, -0.2) is 22.6 Å². The number of hydrogen-bond donors (Lipinski definition) is 2. The Kier molecular flexibility index (Phi) is 2.63. The normalized spacial score (nSPS) is 17.9. The molecule has 3 N–H and O–H groups in total. The molecule has 0 saturated heterocycles. The standard InChI is InChI=1S/C10H16N4/c1-7-4-5-12-10(14-7)13-6-9(11)8-2-3-8/h4-5,8-9H,2-3,6,11H2,1H3,(H,12,13,14). The minimum atomic E-state index is 0.249. The van der Waals surface area contributed by atoms with E-state index in [2.05, 4.69) is 15.3 Å². The van der Waals surface area contributed by atoms with E-state index in [0.717, 1.165) is 12.2 Å². The fourth-order valence-corrected chi connectivity index (χ4v) is 1.43. The Morgan fingerprint density at radius 3 is 3.07 bits per heavy atom. The van der Waals surface area contributed by atoms with Crippen LogP contribution in [0, 0.1) is 12.8 Å².